The summed E-state index contributed by atoms with van der Waals surface area (Å²) in [6.07, 6.45) is 3.48. The van der Waals surface area contributed by atoms with Crippen LogP contribution in [0.1, 0.15) is 25.3 Å². The number of nitrogens with two attached hydrogens (primary N) is 1. The topological polar surface area (TPSA) is 41.8 Å². The van der Waals surface area contributed by atoms with Gasteiger partial charge in [-0.3, -0.25) is 0 Å². The Morgan fingerprint density at radius 1 is 1.29 bits per heavy atom. The van der Waals surface area contributed by atoms with Crippen molar-refractivity contribution >= 4 is 16.7 Å². The molecule has 3 N–H and O–H groups in total. The molecule has 0 aliphatic rings. The summed E-state index contributed by atoms with van der Waals surface area (Å²) >= 11 is 0. The third-order valence-electron chi connectivity index (χ3n) is 2.63. The lowest BCUT2D eigenvalue weighted by Crippen LogP contribution is -1.91. The molecule has 0 radical (unpaired) electrons. The number of benzene rings is 1. The first-order chi connectivity index (χ1) is 6.83. The van der Waals surface area contributed by atoms with Crippen LogP contribution in [0.2, 0.25) is 0 Å². The van der Waals surface area contributed by atoms with Crippen molar-refractivity contribution in [1.29, 1.82) is 0 Å². The number of hydrogen-bond acceptors (Lipinski definition) is 1. The van der Waals surface area contributed by atoms with Crippen LogP contribution >= 0.6 is 0 Å². The average molecular weight is 188 g/mol. The van der Waals surface area contributed by atoms with Crippen molar-refractivity contribution in [3.8, 4) is 0 Å². The smallest absolute Gasteiger partial charge is 0.104 e. The van der Waals surface area contributed by atoms with Crippen molar-refractivity contribution in [3.63, 3.8) is 0 Å². The molecule has 1 aromatic heterocycles. The number of nitrogens with one attached hydrogen (secondary N) is 1. The fourth-order valence-electron chi connectivity index (χ4n) is 1.84. The lowest BCUT2D eigenvalue weighted by atomic mass is 10.1. The molecule has 0 amide bonds. The molecule has 2 aromatic rings. The van der Waals surface area contributed by atoms with Gasteiger partial charge in [-0.25, -0.2) is 0 Å². The fourth-order valence-corrected chi connectivity index (χ4v) is 1.84. The third kappa shape index (κ3) is 1.48. The minimum absolute atomic E-state index is 0.833. The first-order valence-electron chi connectivity index (χ1n) is 5.18. The van der Waals surface area contributed by atoms with Gasteiger partial charge in [0.25, 0.3) is 0 Å². The normalized spacial score (nSPS) is 10.9. The second kappa shape index (κ2) is 3.74. The highest BCUT2D eigenvalue weighted by Crippen LogP contribution is 2.25. The van der Waals surface area contributed by atoms with Crippen LogP contribution in [0, 0.1) is 0 Å². The molecule has 1 heterocycles. The SMILES string of the molecule is CCCCc1c(N)[nH]c2ccccc12. The largest absolute Gasteiger partial charge is 0.385 e. The van der Waals surface area contributed by atoms with E-state index in [1.807, 2.05) is 6.07 Å². The summed E-state index contributed by atoms with van der Waals surface area (Å²) in [5.41, 5.74) is 8.37. The van der Waals surface area contributed by atoms with Gasteiger partial charge in [-0.15, -0.1) is 0 Å². The summed E-state index contributed by atoms with van der Waals surface area (Å²) in [5, 5.41) is 1.28. The van der Waals surface area contributed by atoms with Crippen LogP contribution < -0.4 is 5.73 Å². The molecule has 0 saturated heterocycles. The number of fused-ring (bicyclic) bond motifs is 1. The molecule has 2 heteroatoms. The highest BCUT2D eigenvalue weighted by atomic mass is 14.8. The molecule has 0 bridgehead atoms. The number of nitrogen functional groups attached to an aromatic ring is 1. The van der Waals surface area contributed by atoms with E-state index >= 15 is 0 Å². The standard InChI is InChI=1S/C12H16N2/c1-2-3-6-10-9-7-4-5-8-11(9)14-12(10)13/h4-5,7-8,14H,2-3,6,13H2,1H3. The van der Waals surface area contributed by atoms with E-state index in [4.69, 9.17) is 5.73 Å². The summed E-state index contributed by atoms with van der Waals surface area (Å²) < 4.78 is 0. The number of hydrogen-bond donors (Lipinski definition) is 2. The first-order valence-corrected chi connectivity index (χ1v) is 5.18. The maximum Gasteiger partial charge on any atom is 0.104 e. The van der Waals surface area contributed by atoms with Crippen LogP contribution in [0.15, 0.2) is 24.3 Å². The average Bonchev–Trinajstić information content (AvgIpc) is 2.51. The number of anilines is 1. The van der Waals surface area contributed by atoms with E-state index in [1.165, 1.54) is 23.8 Å². The summed E-state index contributed by atoms with van der Waals surface area (Å²) in [7, 11) is 0. The number of aromatic nitrogens is 1. The van der Waals surface area contributed by atoms with Crippen molar-refractivity contribution in [2.24, 2.45) is 0 Å². The number of unbranched alkanes of at least 4 members (excludes halogenated alkanes) is 1. The monoisotopic (exact) mass is 188 g/mol. The lowest BCUT2D eigenvalue weighted by Gasteiger charge is -1.98. The maximum absolute atomic E-state index is 5.94. The van der Waals surface area contributed by atoms with Crippen molar-refractivity contribution in [1.82, 2.24) is 4.98 Å². The van der Waals surface area contributed by atoms with Crippen LogP contribution in [0.25, 0.3) is 10.9 Å². The molecule has 74 valence electrons. The molecule has 2 nitrogen and oxygen atoms in total. The van der Waals surface area contributed by atoms with Gasteiger partial charge in [-0.2, -0.15) is 0 Å². The molecule has 0 atom stereocenters. The van der Waals surface area contributed by atoms with Gasteiger partial charge in [-0.05, 0) is 18.9 Å². The Labute approximate surface area is 84.1 Å². The van der Waals surface area contributed by atoms with Gasteiger partial charge in [0, 0.05) is 16.5 Å². The zero-order valence-electron chi connectivity index (χ0n) is 8.51. The highest BCUT2D eigenvalue weighted by Gasteiger charge is 2.06. The zero-order chi connectivity index (χ0) is 9.97. The summed E-state index contributed by atoms with van der Waals surface area (Å²) in [6, 6.07) is 8.29. The molecule has 14 heavy (non-hydrogen) atoms. The second-order valence-electron chi connectivity index (χ2n) is 3.67. The van der Waals surface area contributed by atoms with Crippen LogP contribution in [0.4, 0.5) is 5.82 Å². The lowest BCUT2D eigenvalue weighted by molar-refractivity contribution is 0.800. The number of aryl methyl sites for hydroxylation is 1. The molecule has 1 aromatic carbocycles. The minimum Gasteiger partial charge on any atom is -0.385 e. The predicted molar refractivity (Wildman–Crippen MR) is 61.3 cm³/mol. The Kier molecular flexibility index (Phi) is 2.44. The molecular weight excluding hydrogens is 172 g/mol. The molecular formula is C12H16N2. The van der Waals surface area contributed by atoms with Crippen LogP contribution in [0.3, 0.4) is 0 Å². The van der Waals surface area contributed by atoms with Gasteiger partial charge in [0.2, 0.25) is 0 Å². The Hall–Kier alpha value is -1.44. The minimum atomic E-state index is 0.833. The Morgan fingerprint density at radius 2 is 2.07 bits per heavy atom. The van der Waals surface area contributed by atoms with Crippen LogP contribution in [0.5, 0.6) is 0 Å². The summed E-state index contributed by atoms with van der Waals surface area (Å²) in [6.45, 7) is 2.20. The van der Waals surface area contributed by atoms with Crippen molar-refractivity contribution in [2.45, 2.75) is 26.2 Å². The van der Waals surface area contributed by atoms with Crippen molar-refractivity contribution < 1.29 is 0 Å². The Balaban J connectivity index is 2.45. The van der Waals surface area contributed by atoms with Gasteiger partial charge in [0.1, 0.15) is 5.82 Å². The van der Waals surface area contributed by atoms with Crippen LogP contribution in [-0.2, 0) is 6.42 Å². The summed E-state index contributed by atoms with van der Waals surface area (Å²) in [4.78, 5) is 3.21. The van der Waals surface area contributed by atoms with Gasteiger partial charge in [0.15, 0.2) is 0 Å². The van der Waals surface area contributed by atoms with Gasteiger partial charge in [-0.1, -0.05) is 31.5 Å². The van der Waals surface area contributed by atoms with Gasteiger partial charge >= 0.3 is 0 Å². The Bertz CT molecular complexity index is 429. The molecule has 2 rings (SSSR count). The predicted octanol–water partition coefficient (Wildman–Crippen LogP) is 3.09. The van der Waals surface area contributed by atoms with E-state index < -0.39 is 0 Å². The van der Waals surface area contributed by atoms with Gasteiger partial charge < -0.3 is 10.7 Å². The number of rotatable bonds is 3. The van der Waals surface area contributed by atoms with Crippen molar-refractivity contribution in [3.05, 3.63) is 29.8 Å². The fraction of sp³-hybridized carbons (Fsp3) is 0.333. The Morgan fingerprint density at radius 3 is 2.86 bits per heavy atom. The van der Waals surface area contributed by atoms with E-state index in [2.05, 4.69) is 30.1 Å². The van der Waals surface area contributed by atoms with Gasteiger partial charge in [0.05, 0.1) is 0 Å². The molecule has 0 spiro atoms. The van der Waals surface area contributed by atoms with Crippen LogP contribution in [-0.4, -0.2) is 4.98 Å². The van der Waals surface area contributed by atoms with E-state index in [1.54, 1.807) is 0 Å². The maximum atomic E-state index is 5.94. The number of aromatic amines is 1. The van der Waals surface area contributed by atoms with E-state index in [0.29, 0.717) is 0 Å². The molecule has 0 aliphatic carbocycles. The number of para-hydroxylation sites is 1. The van der Waals surface area contributed by atoms with Crippen molar-refractivity contribution in [2.75, 3.05) is 5.73 Å². The van der Waals surface area contributed by atoms with E-state index in [0.717, 1.165) is 17.8 Å². The molecule has 0 unspecified atom stereocenters. The first kappa shape index (κ1) is 9.13. The number of H-pyrrole nitrogens is 1. The quantitative estimate of drug-likeness (QED) is 0.763. The zero-order valence-corrected chi connectivity index (χ0v) is 8.51. The highest BCUT2D eigenvalue weighted by molar-refractivity contribution is 5.88. The third-order valence-corrected chi connectivity index (χ3v) is 2.63. The van der Waals surface area contributed by atoms with E-state index in [-0.39, 0.29) is 0 Å². The molecule has 0 fully saturated rings. The van der Waals surface area contributed by atoms with E-state index in [9.17, 15) is 0 Å². The molecule has 0 aliphatic heterocycles. The second-order valence-corrected chi connectivity index (χ2v) is 3.67. The molecule has 0 saturated carbocycles. The summed E-state index contributed by atoms with van der Waals surface area (Å²) in [5.74, 6) is 0.833.